The minimum absolute atomic E-state index is 0.0951. The van der Waals surface area contributed by atoms with E-state index in [4.69, 9.17) is 5.11 Å². The number of aliphatic hydroxyl groups excluding tert-OH is 1. The molecular weight excluding hydrogens is 383 g/mol. The first-order valence-electron chi connectivity index (χ1n) is 9.55. The molecule has 0 unspecified atom stereocenters. The smallest absolute Gasteiger partial charge is 0.253 e. The Labute approximate surface area is 173 Å². The van der Waals surface area contributed by atoms with Crippen molar-refractivity contribution in [1.29, 1.82) is 0 Å². The summed E-state index contributed by atoms with van der Waals surface area (Å²) >= 11 is 0. The van der Waals surface area contributed by atoms with Crippen LogP contribution in [0, 0.1) is 12.7 Å². The average Bonchev–Trinajstić information content (AvgIpc) is 3.10. The molecule has 152 valence electrons. The van der Waals surface area contributed by atoms with Gasteiger partial charge in [0.2, 0.25) is 5.95 Å². The van der Waals surface area contributed by atoms with Crippen LogP contribution in [0.2, 0.25) is 0 Å². The Morgan fingerprint density at radius 3 is 2.60 bits per heavy atom. The Hall–Kier alpha value is -3.58. The van der Waals surface area contributed by atoms with E-state index in [1.54, 1.807) is 49.8 Å². The lowest BCUT2D eigenvalue weighted by Crippen LogP contribution is -2.29. The number of carbonyl (C=O) groups is 1. The van der Waals surface area contributed by atoms with Crippen molar-refractivity contribution in [1.82, 2.24) is 19.4 Å². The van der Waals surface area contributed by atoms with Crippen LogP contribution < -0.4 is 0 Å². The molecule has 2 heterocycles. The van der Waals surface area contributed by atoms with Gasteiger partial charge in [-0.15, -0.1) is 0 Å². The van der Waals surface area contributed by atoms with Gasteiger partial charge in [-0.2, -0.15) is 0 Å². The monoisotopic (exact) mass is 404 g/mol. The Morgan fingerprint density at radius 2 is 1.90 bits per heavy atom. The van der Waals surface area contributed by atoms with Gasteiger partial charge in [-0.3, -0.25) is 9.36 Å². The standard InChI is InChI=1S/C23H21FN4O2/c1-15-14-28(21-11-16(7-8-18(15)21)22(30)27(2)9-10-29)23-25-12-17(13-26-23)19-5-3-4-6-20(19)24/h3-8,11-14,29H,9-10H2,1-2H3. The van der Waals surface area contributed by atoms with E-state index in [9.17, 15) is 9.18 Å². The molecule has 0 bridgehead atoms. The van der Waals surface area contributed by atoms with Gasteiger partial charge in [-0.25, -0.2) is 14.4 Å². The molecule has 0 aliphatic carbocycles. The van der Waals surface area contributed by atoms with Crippen molar-refractivity contribution in [3.05, 3.63) is 78.0 Å². The van der Waals surface area contributed by atoms with Crippen molar-refractivity contribution >= 4 is 16.8 Å². The summed E-state index contributed by atoms with van der Waals surface area (Å²) in [5.41, 5.74) is 3.37. The van der Waals surface area contributed by atoms with E-state index in [0.717, 1.165) is 16.5 Å². The number of aryl methyl sites for hydroxylation is 1. The fourth-order valence-electron chi connectivity index (χ4n) is 3.45. The highest BCUT2D eigenvalue weighted by molar-refractivity contribution is 5.98. The van der Waals surface area contributed by atoms with Gasteiger partial charge in [-0.1, -0.05) is 24.3 Å². The predicted octanol–water partition coefficient (Wildman–Crippen LogP) is 3.60. The van der Waals surface area contributed by atoms with Crippen LogP contribution in [0.4, 0.5) is 4.39 Å². The maximum atomic E-state index is 14.0. The van der Waals surface area contributed by atoms with E-state index in [0.29, 0.717) is 22.6 Å². The van der Waals surface area contributed by atoms with Gasteiger partial charge >= 0.3 is 0 Å². The van der Waals surface area contributed by atoms with Crippen molar-refractivity contribution in [3.63, 3.8) is 0 Å². The van der Waals surface area contributed by atoms with E-state index in [-0.39, 0.29) is 24.9 Å². The molecule has 4 rings (SSSR count). The van der Waals surface area contributed by atoms with E-state index in [1.165, 1.54) is 11.0 Å². The van der Waals surface area contributed by atoms with Gasteiger partial charge in [0, 0.05) is 54.3 Å². The zero-order valence-corrected chi connectivity index (χ0v) is 16.7. The van der Waals surface area contributed by atoms with Crippen LogP contribution in [0.3, 0.4) is 0 Å². The molecule has 0 fully saturated rings. The average molecular weight is 404 g/mol. The number of aromatic nitrogens is 3. The molecular formula is C23H21FN4O2. The molecule has 0 saturated carbocycles. The molecule has 1 N–H and O–H groups in total. The summed E-state index contributed by atoms with van der Waals surface area (Å²) in [6, 6.07) is 12.0. The summed E-state index contributed by atoms with van der Waals surface area (Å²) in [5.74, 6) is -0.0695. The number of rotatable bonds is 5. The zero-order chi connectivity index (χ0) is 21.3. The van der Waals surface area contributed by atoms with Gasteiger partial charge in [0.1, 0.15) is 5.82 Å². The van der Waals surface area contributed by atoms with Crippen molar-refractivity contribution < 1.29 is 14.3 Å². The lowest BCUT2D eigenvalue weighted by Gasteiger charge is -2.15. The number of nitrogens with zero attached hydrogens (tertiary/aromatic N) is 4. The maximum absolute atomic E-state index is 14.0. The molecule has 0 radical (unpaired) electrons. The van der Waals surface area contributed by atoms with E-state index >= 15 is 0 Å². The van der Waals surface area contributed by atoms with Gasteiger partial charge in [-0.05, 0) is 30.7 Å². The van der Waals surface area contributed by atoms with Gasteiger partial charge < -0.3 is 10.0 Å². The topological polar surface area (TPSA) is 71.2 Å². The summed E-state index contributed by atoms with van der Waals surface area (Å²) in [4.78, 5) is 22.9. The summed E-state index contributed by atoms with van der Waals surface area (Å²) < 4.78 is 15.9. The lowest BCUT2D eigenvalue weighted by atomic mass is 10.1. The molecule has 2 aromatic carbocycles. The second-order valence-electron chi connectivity index (χ2n) is 7.12. The number of hydrogen-bond acceptors (Lipinski definition) is 4. The van der Waals surface area contributed by atoms with E-state index < -0.39 is 0 Å². The first kappa shape index (κ1) is 19.7. The highest BCUT2D eigenvalue weighted by Crippen LogP contribution is 2.26. The van der Waals surface area contributed by atoms with E-state index in [1.807, 2.05) is 23.8 Å². The molecule has 0 aliphatic heterocycles. The number of likely N-dealkylation sites (N-methyl/N-ethyl adjacent to an activating group) is 1. The molecule has 1 amide bonds. The molecule has 2 aromatic heterocycles. The van der Waals surface area contributed by atoms with Crippen molar-refractivity contribution in [2.24, 2.45) is 0 Å². The molecule has 0 aliphatic rings. The second-order valence-corrected chi connectivity index (χ2v) is 7.12. The fourth-order valence-corrected chi connectivity index (χ4v) is 3.45. The molecule has 7 heteroatoms. The van der Waals surface area contributed by atoms with Crippen LogP contribution in [0.25, 0.3) is 28.0 Å². The minimum atomic E-state index is -0.328. The predicted molar refractivity (Wildman–Crippen MR) is 113 cm³/mol. The number of halogens is 1. The van der Waals surface area contributed by atoms with Crippen LogP contribution in [-0.4, -0.2) is 50.6 Å². The fraction of sp³-hybridized carbons (Fsp3) is 0.174. The quantitative estimate of drug-likeness (QED) is 0.552. The van der Waals surface area contributed by atoms with Crippen LogP contribution in [0.1, 0.15) is 15.9 Å². The summed E-state index contributed by atoms with van der Waals surface area (Å²) in [5, 5.41) is 10.1. The largest absolute Gasteiger partial charge is 0.395 e. The van der Waals surface area contributed by atoms with Crippen LogP contribution >= 0.6 is 0 Å². The zero-order valence-electron chi connectivity index (χ0n) is 16.7. The van der Waals surface area contributed by atoms with Gasteiger partial charge in [0.25, 0.3) is 5.91 Å². The first-order valence-corrected chi connectivity index (χ1v) is 9.55. The summed E-state index contributed by atoms with van der Waals surface area (Å²) in [6.45, 7) is 2.14. The first-order chi connectivity index (χ1) is 14.5. The number of amides is 1. The van der Waals surface area contributed by atoms with Gasteiger partial charge in [0.05, 0.1) is 12.1 Å². The minimum Gasteiger partial charge on any atom is -0.395 e. The molecule has 30 heavy (non-hydrogen) atoms. The summed E-state index contributed by atoms with van der Waals surface area (Å²) in [7, 11) is 1.65. The highest BCUT2D eigenvalue weighted by Gasteiger charge is 2.16. The number of carbonyl (C=O) groups excluding carboxylic acids is 1. The van der Waals surface area contributed by atoms with Crippen molar-refractivity contribution in [2.75, 3.05) is 20.2 Å². The molecule has 4 aromatic rings. The number of benzene rings is 2. The van der Waals surface area contributed by atoms with Crippen molar-refractivity contribution in [2.45, 2.75) is 6.92 Å². The molecule has 0 saturated heterocycles. The van der Waals surface area contributed by atoms with Crippen LogP contribution in [0.5, 0.6) is 0 Å². The molecule has 0 spiro atoms. The third-order valence-electron chi connectivity index (χ3n) is 5.07. The third kappa shape index (κ3) is 3.55. The van der Waals surface area contributed by atoms with E-state index in [2.05, 4.69) is 9.97 Å². The number of fused-ring (bicyclic) bond motifs is 1. The Kier molecular flexibility index (Phi) is 5.29. The Bertz CT molecular complexity index is 1220. The molecule has 0 atom stereocenters. The Morgan fingerprint density at radius 1 is 1.17 bits per heavy atom. The van der Waals surface area contributed by atoms with Crippen molar-refractivity contribution in [3.8, 4) is 17.1 Å². The summed E-state index contributed by atoms with van der Waals surface area (Å²) in [6.07, 6.45) is 5.09. The molecule has 6 nitrogen and oxygen atoms in total. The van der Waals surface area contributed by atoms with Crippen LogP contribution in [-0.2, 0) is 0 Å². The highest BCUT2D eigenvalue weighted by atomic mass is 19.1. The van der Waals surface area contributed by atoms with Gasteiger partial charge in [0.15, 0.2) is 0 Å². The number of aliphatic hydroxyl groups is 1. The lowest BCUT2D eigenvalue weighted by molar-refractivity contribution is 0.0767. The maximum Gasteiger partial charge on any atom is 0.253 e. The van der Waals surface area contributed by atoms with Crippen LogP contribution in [0.15, 0.2) is 61.1 Å². The number of hydrogen-bond donors (Lipinski definition) is 1. The Balaban J connectivity index is 1.74. The second kappa shape index (κ2) is 8.04. The normalized spacial score (nSPS) is 11.1. The third-order valence-corrected chi connectivity index (χ3v) is 5.07. The SMILES string of the molecule is Cc1cn(-c2ncc(-c3ccccc3F)cn2)c2cc(C(=O)N(C)CCO)ccc12.